The smallest absolute Gasteiger partial charge is 0.136 e. The third-order valence-electron chi connectivity index (χ3n) is 2.01. The van der Waals surface area contributed by atoms with Gasteiger partial charge in [0.15, 0.2) is 0 Å². The van der Waals surface area contributed by atoms with Crippen LogP contribution in [-0.4, -0.2) is 33.4 Å². The summed E-state index contributed by atoms with van der Waals surface area (Å²) in [6.07, 6.45) is 2.22. The Hall–Kier alpha value is 0.530. The number of halogens is 1. The predicted molar refractivity (Wildman–Crippen MR) is 72.5 cm³/mol. The van der Waals surface area contributed by atoms with Crippen LogP contribution in [0, 0.1) is 0 Å². The highest BCUT2D eigenvalue weighted by atomic mass is 35.5. The van der Waals surface area contributed by atoms with Gasteiger partial charge in [-0.05, 0) is 20.3 Å². The molecule has 0 radical (unpaired) electrons. The summed E-state index contributed by atoms with van der Waals surface area (Å²) in [5.74, 6) is 0.935. The van der Waals surface area contributed by atoms with E-state index in [0.717, 1.165) is 36.0 Å². The molecule has 0 bridgehead atoms. The second-order valence-electron chi connectivity index (χ2n) is 3.14. The number of rotatable bonds is 6. The van der Waals surface area contributed by atoms with Gasteiger partial charge in [0.25, 0.3) is 0 Å². The molecule has 0 aliphatic rings. The lowest BCUT2D eigenvalue weighted by Crippen LogP contribution is -2.27. The zero-order chi connectivity index (χ0) is 11.0. The highest BCUT2D eigenvalue weighted by molar-refractivity contribution is 8.22. The van der Waals surface area contributed by atoms with Gasteiger partial charge in [-0.3, -0.25) is 0 Å². The first-order valence-corrected chi connectivity index (χ1v) is 7.04. The molecule has 0 aromatic carbocycles. The van der Waals surface area contributed by atoms with Crippen LogP contribution in [0.3, 0.4) is 0 Å². The van der Waals surface area contributed by atoms with E-state index < -0.39 is 0 Å². The predicted octanol–water partition coefficient (Wildman–Crippen LogP) is 3.75. The Labute approximate surface area is 103 Å². The first kappa shape index (κ1) is 14.5. The summed E-state index contributed by atoms with van der Waals surface area (Å²) in [7, 11) is 0. The maximum atomic E-state index is 6.12. The molecule has 0 saturated carbocycles. The van der Waals surface area contributed by atoms with Gasteiger partial charge in [0.1, 0.15) is 4.32 Å². The SMILES string of the molecule is CCCC(Cl)CSC(=S)N(CC)CC. The average molecular weight is 254 g/mol. The minimum absolute atomic E-state index is 0.263. The van der Waals surface area contributed by atoms with Crippen LogP contribution < -0.4 is 0 Å². The van der Waals surface area contributed by atoms with E-state index >= 15 is 0 Å². The van der Waals surface area contributed by atoms with Gasteiger partial charge in [0.2, 0.25) is 0 Å². The van der Waals surface area contributed by atoms with Gasteiger partial charge in [-0.2, -0.15) is 0 Å². The van der Waals surface area contributed by atoms with Crippen LogP contribution in [0.1, 0.15) is 33.6 Å². The summed E-state index contributed by atoms with van der Waals surface area (Å²) in [5, 5.41) is 0.263. The molecular formula is C10H20ClNS2. The van der Waals surface area contributed by atoms with Crippen LogP contribution >= 0.6 is 35.6 Å². The van der Waals surface area contributed by atoms with Crippen LogP contribution in [0.25, 0.3) is 0 Å². The van der Waals surface area contributed by atoms with E-state index in [9.17, 15) is 0 Å². The van der Waals surface area contributed by atoms with Crippen LogP contribution in [0.2, 0.25) is 0 Å². The zero-order valence-corrected chi connectivity index (χ0v) is 11.6. The molecule has 0 aliphatic heterocycles. The van der Waals surface area contributed by atoms with Gasteiger partial charge < -0.3 is 4.90 Å². The average Bonchev–Trinajstić information content (AvgIpc) is 2.17. The summed E-state index contributed by atoms with van der Waals surface area (Å²) in [4.78, 5) is 2.19. The zero-order valence-electron chi connectivity index (χ0n) is 9.25. The largest absolute Gasteiger partial charge is 0.358 e. The van der Waals surface area contributed by atoms with Crippen LogP contribution in [0.4, 0.5) is 0 Å². The molecule has 4 heteroatoms. The summed E-state index contributed by atoms with van der Waals surface area (Å²) in [5.41, 5.74) is 0. The van der Waals surface area contributed by atoms with Crippen molar-refractivity contribution < 1.29 is 0 Å². The van der Waals surface area contributed by atoms with Gasteiger partial charge in [0, 0.05) is 24.2 Å². The summed E-state index contributed by atoms with van der Waals surface area (Å²) in [6, 6.07) is 0. The van der Waals surface area contributed by atoms with Crippen molar-refractivity contribution >= 4 is 39.9 Å². The van der Waals surface area contributed by atoms with Crippen molar-refractivity contribution in [2.45, 2.75) is 39.0 Å². The molecule has 1 nitrogen and oxygen atoms in total. The van der Waals surface area contributed by atoms with Crippen molar-refractivity contribution in [3.05, 3.63) is 0 Å². The molecular weight excluding hydrogens is 234 g/mol. The molecule has 0 saturated heterocycles. The topological polar surface area (TPSA) is 3.24 Å². The quantitative estimate of drug-likeness (QED) is 0.524. The molecule has 0 fully saturated rings. The first-order chi connectivity index (χ1) is 6.65. The lowest BCUT2D eigenvalue weighted by Gasteiger charge is -2.21. The Kier molecular flexibility index (Phi) is 9.14. The minimum Gasteiger partial charge on any atom is -0.358 e. The highest BCUT2D eigenvalue weighted by Crippen LogP contribution is 2.16. The van der Waals surface area contributed by atoms with Gasteiger partial charge >= 0.3 is 0 Å². The molecule has 84 valence electrons. The summed E-state index contributed by atoms with van der Waals surface area (Å²) >= 11 is 13.1. The Morgan fingerprint density at radius 2 is 1.93 bits per heavy atom. The van der Waals surface area contributed by atoms with Crippen molar-refractivity contribution in [3.8, 4) is 0 Å². The number of hydrogen-bond acceptors (Lipinski definition) is 2. The third-order valence-corrected chi connectivity index (χ3v) is 4.25. The van der Waals surface area contributed by atoms with E-state index in [0.29, 0.717) is 0 Å². The molecule has 0 heterocycles. The molecule has 0 rings (SSSR count). The Morgan fingerprint density at radius 3 is 2.36 bits per heavy atom. The molecule has 0 aliphatic carbocycles. The third kappa shape index (κ3) is 6.10. The number of thioether (sulfide) groups is 1. The lowest BCUT2D eigenvalue weighted by atomic mass is 10.3. The molecule has 0 aromatic heterocycles. The number of nitrogens with zero attached hydrogens (tertiary/aromatic N) is 1. The Morgan fingerprint density at radius 1 is 1.36 bits per heavy atom. The van der Waals surface area contributed by atoms with Crippen molar-refractivity contribution in [1.82, 2.24) is 4.90 Å². The second kappa shape index (κ2) is 8.81. The number of alkyl halides is 1. The van der Waals surface area contributed by atoms with Gasteiger partial charge in [-0.1, -0.05) is 37.3 Å². The van der Waals surface area contributed by atoms with Gasteiger partial charge in [-0.25, -0.2) is 0 Å². The van der Waals surface area contributed by atoms with Crippen molar-refractivity contribution in [1.29, 1.82) is 0 Å². The van der Waals surface area contributed by atoms with Crippen molar-refractivity contribution in [2.75, 3.05) is 18.8 Å². The second-order valence-corrected chi connectivity index (χ2v) is 5.41. The molecule has 1 unspecified atom stereocenters. The standard InChI is InChI=1S/C10H20ClNS2/c1-4-7-9(11)8-14-10(13)12(5-2)6-3/h9H,4-8H2,1-3H3. The highest BCUT2D eigenvalue weighted by Gasteiger charge is 2.09. The summed E-state index contributed by atoms with van der Waals surface area (Å²) < 4.78 is 0.983. The fourth-order valence-electron chi connectivity index (χ4n) is 1.13. The normalized spacial score (nSPS) is 12.6. The number of thiocarbonyl (C=S) groups is 1. The van der Waals surface area contributed by atoms with Crippen LogP contribution in [-0.2, 0) is 0 Å². The van der Waals surface area contributed by atoms with E-state index in [-0.39, 0.29) is 5.38 Å². The Balaban J connectivity index is 3.71. The molecule has 0 spiro atoms. The number of hydrogen-bond donors (Lipinski definition) is 0. The minimum atomic E-state index is 0.263. The fraction of sp³-hybridized carbons (Fsp3) is 0.900. The van der Waals surface area contributed by atoms with E-state index in [4.69, 9.17) is 23.8 Å². The Bertz CT molecular complexity index is 160. The van der Waals surface area contributed by atoms with Gasteiger partial charge in [-0.15, -0.1) is 11.6 Å². The maximum Gasteiger partial charge on any atom is 0.136 e. The molecule has 0 amide bonds. The van der Waals surface area contributed by atoms with E-state index in [1.807, 2.05) is 0 Å². The molecule has 14 heavy (non-hydrogen) atoms. The molecule has 0 N–H and O–H groups in total. The molecule has 0 aromatic rings. The summed E-state index contributed by atoms with van der Waals surface area (Å²) in [6.45, 7) is 8.38. The van der Waals surface area contributed by atoms with E-state index in [2.05, 4.69) is 25.7 Å². The van der Waals surface area contributed by atoms with Crippen LogP contribution in [0.15, 0.2) is 0 Å². The van der Waals surface area contributed by atoms with Crippen molar-refractivity contribution in [2.24, 2.45) is 0 Å². The monoisotopic (exact) mass is 253 g/mol. The van der Waals surface area contributed by atoms with Crippen LogP contribution in [0.5, 0.6) is 0 Å². The van der Waals surface area contributed by atoms with E-state index in [1.165, 1.54) is 0 Å². The first-order valence-electron chi connectivity index (χ1n) is 5.21. The molecule has 1 atom stereocenters. The van der Waals surface area contributed by atoms with E-state index in [1.54, 1.807) is 11.8 Å². The van der Waals surface area contributed by atoms with Crippen molar-refractivity contribution in [3.63, 3.8) is 0 Å². The van der Waals surface area contributed by atoms with Gasteiger partial charge in [0.05, 0.1) is 0 Å². The lowest BCUT2D eigenvalue weighted by molar-refractivity contribution is 0.482. The fourth-order valence-corrected chi connectivity index (χ4v) is 2.93. The maximum absolute atomic E-state index is 6.12.